The minimum Gasteiger partial charge on any atom is -0.382 e. The fraction of sp³-hybridized carbons (Fsp3) is 0.650. The van der Waals surface area contributed by atoms with Gasteiger partial charge in [0.1, 0.15) is 0 Å². The van der Waals surface area contributed by atoms with Gasteiger partial charge in [0.05, 0.1) is 13.2 Å². The summed E-state index contributed by atoms with van der Waals surface area (Å²) in [4.78, 5) is 6.76. The molecule has 0 saturated carbocycles. The van der Waals surface area contributed by atoms with Gasteiger partial charge in [0.15, 0.2) is 5.96 Å². The summed E-state index contributed by atoms with van der Waals surface area (Å²) in [5.41, 5.74) is 2.59. The fourth-order valence-corrected chi connectivity index (χ4v) is 2.40. The van der Waals surface area contributed by atoms with Crippen molar-refractivity contribution in [3.63, 3.8) is 0 Å². The van der Waals surface area contributed by atoms with Gasteiger partial charge in [0.25, 0.3) is 0 Å². The molecule has 0 amide bonds. The van der Waals surface area contributed by atoms with Gasteiger partial charge in [0, 0.05) is 53.1 Å². The standard InChI is InChI=1S/C20H36N4O2.HI/c1-5-21-20(23-14-7-15-26-17-16-25-4)22-13-6-8-18-9-11-19(12-10-18)24(2)3;/h9-12H,5-8,13-17H2,1-4H3,(H2,21,22,23);1H. The van der Waals surface area contributed by atoms with Crippen LogP contribution in [0.2, 0.25) is 0 Å². The van der Waals surface area contributed by atoms with E-state index >= 15 is 0 Å². The van der Waals surface area contributed by atoms with Gasteiger partial charge >= 0.3 is 0 Å². The Bertz CT molecular complexity index is 495. The molecule has 0 spiro atoms. The summed E-state index contributed by atoms with van der Waals surface area (Å²) < 4.78 is 10.4. The van der Waals surface area contributed by atoms with Crippen molar-refractivity contribution in [3.05, 3.63) is 29.8 Å². The first-order chi connectivity index (χ1) is 12.7. The number of aliphatic imine (C=N–C) groups is 1. The Hall–Kier alpha value is -1.06. The number of anilines is 1. The number of ether oxygens (including phenoxy) is 2. The lowest BCUT2D eigenvalue weighted by molar-refractivity contribution is 0.0698. The molecular weight excluding hydrogens is 455 g/mol. The van der Waals surface area contributed by atoms with Crippen LogP contribution in [0.4, 0.5) is 5.69 Å². The highest BCUT2D eigenvalue weighted by atomic mass is 127. The smallest absolute Gasteiger partial charge is 0.191 e. The van der Waals surface area contributed by atoms with E-state index in [1.165, 1.54) is 11.3 Å². The molecule has 0 radical (unpaired) electrons. The molecule has 0 aromatic heterocycles. The summed E-state index contributed by atoms with van der Waals surface area (Å²) in [6, 6.07) is 8.73. The molecule has 6 nitrogen and oxygen atoms in total. The molecule has 7 heteroatoms. The van der Waals surface area contributed by atoms with Crippen LogP contribution < -0.4 is 15.5 Å². The maximum absolute atomic E-state index is 5.46. The van der Waals surface area contributed by atoms with Crippen LogP contribution in [0.25, 0.3) is 0 Å². The SMILES string of the molecule is CCNC(=NCCCc1ccc(N(C)C)cc1)NCCCOCCOC.I. The number of rotatable bonds is 13. The van der Waals surface area contributed by atoms with E-state index in [9.17, 15) is 0 Å². The minimum atomic E-state index is 0. The van der Waals surface area contributed by atoms with E-state index in [0.29, 0.717) is 13.2 Å². The van der Waals surface area contributed by atoms with Crippen molar-refractivity contribution < 1.29 is 9.47 Å². The molecule has 1 aromatic rings. The van der Waals surface area contributed by atoms with Crippen molar-refractivity contribution in [2.75, 3.05) is 65.6 Å². The molecular formula is C20H37IN4O2. The van der Waals surface area contributed by atoms with Crippen LogP contribution in [-0.2, 0) is 15.9 Å². The van der Waals surface area contributed by atoms with Crippen LogP contribution in [0.5, 0.6) is 0 Å². The highest BCUT2D eigenvalue weighted by Gasteiger charge is 1.99. The van der Waals surface area contributed by atoms with Crippen molar-refractivity contribution in [3.8, 4) is 0 Å². The fourth-order valence-electron chi connectivity index (χ4n) is 2.40. The predicted molar refractivity (Wildman–Crippen MR) is 126 cm³/mol. The van der Waals surface area contributed by atoms with Crippen LogP contribution in [0.3, 0.4) is 0 Å². The van der Waals surface area contributed by atoms with E-state index in [1.54, 1.807) is 7.11 Å². The molecule has 1 rings (SSSR count). The van der Waals surface area contributed by atoms with Gasteiger partial charge in [-0.15, -0.1) is 24.0 Å². The zero-order chi connectivity index (χ0) is 19.0. The Kier molecular flexibility index (Phi) is 16.4. The molecule has 1 aromatic carbocycles. The number of nitrogens with zero attached hydrogens (tertiary/aromatic N) is 2. The van der Waals surface area contributed by atoms with Crippen molar-refractivity contribution in [2.24, 2.45) is 4.99 Å². The predicted octanol–water partition coefficient (Wildman–Crippen LogP) is 2.91. The largest absolute Gasteiger partial charge is 0.382 e. The molecule has 0 bridgehead atoms. The Morgan fingerprint density at radius 2 is 1.78 bits per heavy atom. The van der Waals surface area contributed by atoms with Crippen LogP contribution in [-0.4, -0.2) is 66.6 Å². The summed E-state index contributed by atoms with van der Waals surface area (Å²) in [5, 5.41) is 6.64. The first-order valence-electron chi connectivity index (χ1n) is 9.52. The molecule has 156 valence electrons. The summed E-state index contributed by atoms with van der Waals surface area (Å²) in [7, 11) is 5.80. The quantitative estimate of drug-likeness (QED) is 0.192. The normalized spacial score (nSPS) is 11.0. The van der Waals surface area contributed by atoms with Gasteiger partial charge in [0.2, 0.25) is 0 Å². The molecule has 27 heavy (non-hydrogen) atoms. The van der Waals surface area contributed by atoms with Crippen LogP contribution in [0.1, 0.15) is 25.3 Å². The molecule has 0 atom stereocenters. The zero-order valence-corrected chi connectivity index (χ0v) is 19.6. The highest BCUT2D eigenvalue weighted by Crippen LogP contribution is 2.13. The van der Waals surface area contributed by atoms with Gasteiger partial charge in [-0.2, -0.15) is 0 Å². The summed E-state index contributed by atoms with van der Waals surface area (Å²) >= 11 is 0. The lowest BCUT2D eigenvalue weighted by Gasteiger charge is -2.13. The summed E-state index contributed by atoms with van der Waals surface area (Å²) in [5.74, 6) is 0.882. The molecule has 0 aliphatic carbocycles. The Balaban J connectivity index is 0.00000676. The van der Waals surface area contributed by atoms with Crippen molar-refractivity contribution >= 4 is 35.6 Å². The molecule has 0 fully saturated rings. The number of methoxy groups -OCH3 is 1. The first kappa shape index (κ1) is 25.9. The Morgan fingerprint density at radius 1 is 1.04 bits per heavy atom. The second-order valence-corrected chi connectivity index (χ2v) is 6.31. The topological polar surface area (TPSA) is 58.1 Å². The Morgan fingerprint density at radius 3 is 2.41 bits per heavy atom. The van der Waals surface area contributed by atoms with Crippen LogP contribution in [0, 0.1) is 0 Å². The van der Waals surface area contributed by atoms with E-state index < -0.39 is 0 Å². The van der Waals surface area contributed by atoms with E-state index in [1.807, 2.05) is 0 Å². The van der Waals surface area contributed by atoms with E-state index in [2.05, 4.69) is 65.8 Å². The number of aryl methyl sites for hydroxylation is 1. The Labute approximate surface area is 182 Å². The summed E-state index contributed by atoms with van der Waals surface area (Å²) in [6.07, 6.45) is 3.04. The monoisotopic (exact) mass is 492 g/mol. The number of nitrogens with one attached hydrogen (secondary N) is 2. The number of benzene rings is 1. The molecule has 0 aliphatic heterocycles. The lowest BCUT2D eigenvalue weighted by atomic mass is 10.1. The van der Waals surface area contributed by atoms with Crippen molar-refractivity contribution in [1.29, 1.82) is 0 Å². The molecule has 0 heterocycles. The average molecular weight is 492 g/mol. The summed E-state index contributed by atoms with van der Waals surface area (Å²) in [6.45, 7) is 6.65. The number of hydrogen-bond donors (Lipinski definition) is 2. The van der Waals surface area contributed by atoms with Gasteiger partial charge in [-0.05, 0) is 43.9 Å². The first-order valence-corrected chi connectivity index (χ1v) is 9.52. The van der Waals surface area contributed by atoms with Gasteiger partial charge in [-0.25, -0.2) is 0 Å². The number of halogens is 1. The van der Waals surface area contributed by atoms with E-state index in [-0.39, 0.29) is 24.0 Å². The third-order valence-corrected chi connectivity index (χ3v) is 3.88. The van der Waals surface area contributed by atoms with Gasteiger partial charge in [-0.3, -0.25) is 4.99 Å². The third kappa shape index (κ3) is 12.9. The van der Waals surface area contributed by atoms with Gasteiger partial charge < -0.3 is 25.0 Å². The number of guanidine groups is 1. The maximum Gasteiger partial charge on any atom is 0.191 e. The van der Waals surface area contributed by atoms with Crippen molar-refractivity contribution in [1.82, 2.24) is 10.6 Å². The van der Waals surface area contributed by atoms with Gasteiger partial charge in [-0.1, -0.05) is 12.1 Å². The van der Waals surface area contributed by atoms with Crippen molar-refractivity contribution in [2.45, 2.75) is 26.2 Å². The maximum atomic E-state index is 5.46. The minimum absolute atomic E-state index is 0. The van der Waals surface area contributed by atoms with Crippen LogP contribution in [0.15, 0.2) is 29.3 Å². The second-order valence-electron chi connectivity index (χ2n) is 6.31. The third-order valence-electron chi connectivity index (χ3n) is 3.88. The van der Waals surface area contributed by atoms with E-state index in [0.717, 1.165) is 51.5 Å². The zero-order valence-electron chi connectivity index (χ0n) is 17.3. The second kappa shape index (κ2) is 17.1. The lowest BCUT2D eigenvalue weighted by Crippen LogP contribution is -2.38. The molecule has 0 saturated heterocycles. The average Bonchev–Trinajstić information content (AvgIpc) is 2.64. The molecule has 0 aliphatic rings. The molecule has 2 N–H and O–H groups in total. The van der Waals surface area contributed by atoms with Crippen LogP contribution >= 0.6 is 24.0 Å². The molecule has 0 unspecified atom stereocenters. The number of hydrogen-bond acceptors (Lipinski definition) is 4. The van der Waals surface area contributed by atoms with E-state index in [4.69, 9.17) is 9.47 Å². The highest BCUT2D eigenvalue weighted by molar-refractivity contribution is 14.0.